The van der Waals surface area contributed by atoms with Crippen LogP contribution in [-0.2, 0) is 14.6 Å². The number of amides is 1. The summed E-state index contributed by atoms with van der Waals surface area (Å²) in [6.45, 7) is 1.81. The van der Waals surface area contributed by atoms with Gasteiger partial charge in [-0.15, -0.1) is 0 Å². The molecule has 1 saturated carbocycles. The number of aromatic nitrogens is 2. The molecule has 1 amide bonds. The molecule has 2 aliphatic heterocycles. The Hall–Kier alpha value is -1.90. The number of nitrogen functional groups attached to an aromatic ring is 1. The van der Waals surface area contributed by atoms with Crippen molar-refractivity contribution in [3.63, 3.8) is 0 Å². The molecule has 2 N–H and O–H groups in total. The normalized spacial score (nSPS) is 30.0. The first-order valence-electron chi connectivity index (χ1n) is 10.1. The third kappa shape index (κ3) is 3.94. The predicted molar refractivity (Wildman–Crippen MR) is 107 cm³/mol. The van der Waals surface area contributed by atoms with Crippen molar-refractivity contribution in [2.75, 3.05) is 42.3 Å². The summed E-state index contributed by atoms with van der Waals surface area (Å²) in [7, 11) is -1.05. The molecule has 2 saturated heterocycles. The number of nitrogens with zero attached hydrogens (tertiary/aromatic N) is 4. The van der Waals surface area contributed by atoms with Crippen molar-refractivity contribution < 1.29 is 13.2 Å². The Balaban J connectivity index is 1.36. The zero-order chi connectivity index (χ0) is 19.9. The Morgan fingerprint density at radius 1 is 1.21 bits per heavy atom. The van der Waals surface area contributed by atoms with Crippen LogP contribution in [0.25, 0.3) is 0 Å². The van der Waals surface area contributed by atoms with E-state index in [0.29, 0.717) is 36.4 Å². The van der Waals surface area contributed by atoms with Gasteiger partial charge in [0.2, 0.25) is 11.9 Å². The van der Waals surface area contributed by atoms with Gasteiger partial charge in [0.05, 0.1) is 11.5 Å². The second kappa shape index (κ2) is 7.50. The Kier molecular flexibility index (Phi) is 5.20. The van der Waals surface area contributed by atoms with E-state index in [0.717, 1.165) is 32.4 Å². The number of fused-ring (bicyclic) bond motifs is 1. The Morgan fingerprint density at radius 2 is 1.93 bits per heavy atom. The van der Waals surface area contributed by atoms with Crippen molar-refractivity contribution in [3.8, 4) is 0 Å². The van der Waals surface area contributed by atoms with Gasteiger partial charge in [0.1, 0.15) is 15.7 Å². The van der Waals surface area contributed by atoms with E-state index in [-0.39, 0.29) is 29.4 Å². The van der Waals surface area contributed by atoms with Crippen LogP contribution in [0.3, 0.4) is 0 Å². The molecular weight excluding hydrogens is 378 g/mol. The van der Waals surface area contributed by atoms with Crippen molar-refractivity contribution in [2.45, 2.75) is 38.1 Å². The summed E-state index contributed by atoms with van der Waals surface area (Å²) >= 11 is 0. The first-order chi connectivity index (χ1) is 13.3. The Morgan fingerprint density at radius 3 is 2.64 bits per heavy atom. The molecular formula is C19H29N5O3S. The van der Waals surface area contributed by atoms with E-state index in [1.165, 1.54) is 0 Å². The summed E-state index contributed by atoms with van der Waals surface area (Å²) in [6, 6.07) is 1.93. The van der Waals surface area contributed by atoms with E-state index in [4.69, 9.17) is 5.73 Å². The first-order valence-corrected chi connectivity index (χ1v) is 11.9. The maximum atomic E-state index is 12.9. The van der Waals surface area contributed by atoms with Crippen LogP contribution in [0.1, 0.15) is 32.1 Å². The molecule has 28 heavy (non-hydrogen) atoms. The highest BCUT2D eigenvalue weighted by Gasteiger charge is 2.42. The SMILES string of the molecule is CN(C(=O)C1CCS(=O)(=O)CC1)[C@H]1C[C@H]2CCN(c3nccc(N)n3)C[C@H]2C1. The van der Waals surface area contributed by atoms with E-state index < -0.39 is 9.84 Å². The van der Waals surface area contributed by atoms with Crippen LogP contribution in [0.2, 0.25) is 0 Å². The molecule has 1 aromatic rings. The van der Waals surface area contributed by atoms with E-state index in [1.807, 2.05) is 11.9 Å². The fourth-order valence-electron chi connectivity index (χ4n) is 5.07. The van der Waals surface area contributed by atoms with Crippen LogP contribution in [0, 0.1) is 17.8 Å². The largest absolute Gasteiger partial charge is 0.384 e. The molecule has 0 bridgehead atoms. The van der Waals surface area contributed by atoms with Gasteiger partial charge in [-0.1, -0.05) is 0 Å². The lowest BCUT2D eigenvalue weighted by Crippen LogP contribution is -2.42. The summed E-state index contributed by atoms with van der Waals surface area (Å²) in [4.78, 5) is 25.7. The standard InChI is InChI=1S/C19H29N5O3S/c1-23(18(25)13-4-8-28(26,27)9-5-13)16-10-14-3-7-24(12-15(14)11-16)19-21-6-2-17(20)22-19/h2,6,13-16H,3-5,7-12H2,1H3,(H2,20,21,22)/t14-,15-,16+/m1/s1. The van der Waals surface area contributed by atoms with Crippen molar-refractivity contribution in [1.29, 1.82) is 0 Å². The summed E-state index contributed by atoms with van der Waals surface area (Å²) in [5.41, 5.74) is 5.80. The van der Waals surface area contributed by atoms with Crippen LogP contribution >= 0.6 is 0 Å². The van der Waals surface area contributed by atoms with Gasteiger partial charge in [-0.25, -0.2) is 13.4 Å². The van der Waals surface area contributed by atoms with Gasteiger partial charge in [-0.3, -0.25) is 4.79 Å². The predicted octanol–water partition coefficient (Wildman–Crippen LogP) is 0.947. The lowest BCUT2D eigenvalue weighted by atomic mass is 9.89. The number of anilines is 2. The monoisotopic (exact) mass is 407 g/mol. The minimum Gasteiger partial charge on any atom is -0.384 e. The maximum Gasteiger partial charge on any atom is 0.227 e. The Bertz CT molecular complexity index is 832. The molecule has 3 fully saturated rings. The van der Waals surface area contributed by atoms with E-state index in [2.05, 4.69) is 14.9 Å². The lowest BCUT2D eigenvalue weighted by molar-refractivity contribution is -0.136. The van der Waals surface area contributed by atoms with Gasteiger partial charge in [0, 0.05) is 38.3 Å². The molecule has 1 aromatic heterocycles. The van der Waals surface area contributed by atoms with Gasteiger partial charge < -0.3 is 15.5 Å². The molecule has 3 aliphatic rings. The third-order valence-corrected chi connectivity index (χ3v) is 8.50. The number of hydrogen-bond acceptors (Lipinski definition) is 7. The number of hydrogen-bond donors (Lipinski definition) is 1. The van der Waals surface area contributed by atoms with Gasteiger partial charge in [-0.05, 0) is 50.0 Å². The van der Waals surface area contributed by atoms with Gasteiger partial charge in [-0.2, -0.15) is 4.98 Å². The molecule has 3 heterocycles. The molecule has 4 rings (SSSR count). The quantitative estimate of drug-likeness (QED) is 0.794. The highest BCUT2D eigenvalue weighted by Crippen LogP contribution is 2.41. The first kappa shape index (κ1) is 19.4. The second-order valence-corrected chi connectivity index (χ2v) is 10.8. The zero-order valence-corrected chi connectivity index (χ0v) is 17.1. The number of piperidine rings is 1. The molecule has 1 aliphatic carbocycles. The minimum atomic E-state index is -2.94. The highest BCUT2D eigenvalue weighted by atomic mass is 32.2. The van der Waals surface area contributed by atoms with Crippen molar-refractivity contribution in [2.24, 2.45) is 17.8 Å². The smallest absolute Gasteiger partial charge is 0.227 e. The number of carbonyl (C=O) groups is 1. The zero-order valence-electron chi connectivity index (χ0n) is 16.3. The molecule has 0 radical (unpaired) electrons. The van der Waals surface area contributed by atoms with Crippen LogP contribution in [0.4, 0.5) is 11.8 Å². The molecule has 0 unspecified atom stereocenters. The minimum absolute atomic E-state index is 0.120. The molecule has 0 spiro atoms. The molecule has 9 heteroatoms. The highest BCUT2D eigenvalue weighted by molar-refractivity contribution is 7.91. The lowest BCUT2D eigenvalue weighted by Gasteiger charge is -2.34. The summed E-state index contributed by atoms with van der Waals surface area (Å²) < 4.78 is 23.3. The molecule has 154 valence electrons. The molecule has 0 aromatic carbocycles. The maximum absolute atomic E-state index is 12.9. The van der Waals surface area contributed by atoms with Crippen LogP contribution < -0.4 is 10.6 Å². The van der Waals surface area contributed by atoms with Crippen LogP contribution in [0.5, 0.6) is 0 Å². The summed E-state index contributed by atoms with van der Waals surface area (Å²) in [5, 5.41) is 0. The average Bonchev–Trinajstić information content (AvgIpc) is 3.10. The van der Waals surface area contributed by atoms with Crippen LogP contribution in [-0.4, -0.2) is 66.9 Å². The van der Waals surface area contributed by atoms with Gasteiger partial charge >= 0.3 is 0 Å². The van der Waals surface area contributed by atoms with Crippen LogP contribution in [0.15, 0.2) is 12.3 Å². The second-order valence-electron chi connectivity index (χ2n) is 8.54. The number of nitrogens with two attached hydrogens (primary N) is 1. The molecule has 3 atom stereocenters. The Labute approximate surface area is 166 Å². The van der Waals surface area contributed by atoms with E-state index in [9.17, 15) is 13.2 Å². The summed E-state index contributed by atoms with van der Waals surface area (Å²) in [5.74, 6) is 2.56. The van der Waals surface area contributed by atoms with Gasteiger partial charge in [0.25, 0.3) is 0 Å². The van der Waals surface area contributed by atoms with Crippen molar-refractivity contribution in [3.05, 3.63) is 12.3 Å². The van der Waals surface area contributed by atoms with Crippen molar-refractivity contribution in [1.82, 2.24) is 14.9 Å². The topological polar surface area (TPSA) is 109 Å². The average molecular weight is 408 g/mol. The number of sulfone groups is 1. The van der Waals surface area contributed by atoms with Crippen molar-refractivity contribution >= 4 is 27.5 Å². The fourth-order valence-corrected chi connectivity index (χ4v) is 6.56. The van der Waals surface area contributed by atoms with E-state index >= 15 is 0 Å². The molecule has 8 nitrogen and oxygen atoms in total. The fraction of sp³-hybridized carbons (Fsp3) is 0.737. The van der Waals surface area contributed by atoms with Gasteiger partial charge in [0.15, 0.2) is 0 Å². The number of carbonyl (C=O) groups excluding carboxylic acids is 1. The third-order valence-electron chi connectivity index (χ3n) is 6.79. The van der Waals surface area contributed by atoms with E-state index in [1.54, 1.807) is 12.3 Å². The number of rotatable bonds is 3. The summed E-state index contributed by atoms with van der Waals surface area (Å²) in [6.07, 6.45) is 5.71.